The molecule has 0 aliphatic carbocycles. The molecule has 18 heavy (non-hydrogen) atoms. The van der Waals surface area contributed by atoms with Crippen LogP contribution in [-0.2, 0) is 4.74 Å². The maximum atomic E-state index is 5.82. The fourth-order valence-corrected chi connectivity index (χ4v) is 2.06. The summed E-state index contributed by atoms with van der Waals surface area (Å²) >= 11 is 0. The van der Waals surface area contributed by atoms with Crippen LogP contribution in [0.4, 0.5) is 5.82 Å². The van der Waals surface area contributed by atoms with Gasteiger partial charge in [0.25, 0.3) is 0 Å². The van der Waals surface area contributed by atoms with E-state index >= 15 is 0 Å². The van der Waals surface area contributed by atoms with E-state index in [1.807, 2.05) is 13.8 Å². The van der Waals surface area contributed by atoms with Crippen molar-refractivity contribution in [1.29, 1.82) is 0 Å². The van der Waals surface area contributed by atoms with Crippen molar-refractivity contribution in [2.45, 2.75) is 32.8 Å². The first-order valence-electron chi connectivity index (χ1n) is 6.62. The molecule has 1 aromatic heterocycles. The molecule has 0 spiro atoms. The first-order valence-corrected chi connectivity index (χ1v) is 6.62. The maximum Gasteiger partial charge on any atom is 0.147 e. The molecule has 0 amide bonds. The average molecular weight is 250 g/mol. The van der Waals surface area contributed by atoms with Crippen LogP contribution >= 0.6 is 0 Å². The predicted octanol–water partition coefficient (Wildman–Crippen LogP) is 1.27. The quantitative estimate of drug-likeness (QED) is 0.771. The summed E-state index contributed by atoms with van der Waals surface area (Å²) in [6.45, 7) is 7.55. The Labute approximate surface area is 108 Å². The Morgan fingerprint density at radius 3 is 2.94 bits per heavy atom. The summed E-state index contributed by atoms with van der Waals surface area (Å²) < 4.78 is 5.82. The molecule has 1 aromatic rings. The minimum atomic E-state index is 0.415. The van der Waals surface area contributed by atoms with Gasteiger partial charge in [0.05, 0.1) is 24.1 Å². The number of hydrogen-bond donors (Lipinski definition) is 2. The van der Waals surface area contributed by atoms with E-state index < -0.39 is 0 Å². The molecule has 2 heterocycles. The summed E-state index contributed by atoms with van der Waals surface area (Å²) in [6.07, 6.45) is 4.43. The Morgan fingerprint density at radius 1 is 1.39 bits per heavy atom. The molecular formula is C13H22N4O. The third-order valence-corrected chi connectivity index (χ3v) is 3.11. The molecule has 0 atom stereocenters. The van der Waals surface area contributed by atoms with Crippen molar-refractivity contribution in [3.05, 3.63) is 17.6 Å². The van der Waals surface area contributed by atoms with Gasteiger partial charge in [0.15, 0.2) is 0 Å². The van der Waals surface area contributed by atoms with Crippen LogP contribution in [0.3, 0.4) is 0 Å². The zero-order valence-electron chi connectivity index (χ0n) is 11.2. The normalized spacial score (nSPS) is 16.8. The topological polar surface area (TPSA) is 59.1 Å². The lowest BCUT2D eigenvalue weighted by molar-refractivity contribution is 0.0394. The van der Waals surface area contributed by atoms with Crippen LogP contribution in [0, 0.1) is 13.8 Å². The molecule has 1 aliphatic heterocycles. The van der Waals surface area contributed by atoms with E-state index in [0.717, 1.165) is 56.3 Å². The molecule has 0 unspecified atom stereocenters. The Bertz CT molecular complexity index is 377. The standard InChI is InChI=1S/C13H22N4O/c1-10-9-16-11(2)13(17-10)15-7-8-18-12-3-5-14-6-4-12/h9,12,14H,3-8H2,1-2H3,(H,15,17). The van der Waals surface area contributed by atoms with Crippen molar-refractivity contribution in [2.75, 3.05) is 31.6 Å². The molecule has 1 aliphatic rings. The van der Waals surface area contributed by atoms with Gasteiger partial charge in [-0.05, 0) is 39.8 Å². The van der Waals surface area contributed by atoms with Crippen LogP contribution in [0.2, 0.25) is 0 Å². The number of aromatic nitrogens is 2. The van der Waals surface area contributed by atoms with Gasteiger partial charge >= 0.3 is 0 Å². The van der Waals surface area contributed by atoms with Crippen LogP contribution in [0.15, 0.2) is 6.20 Å². The first-order chi connectivity index (χ1) is 8.75. The second-order valence-electron chi connectivity index (χ2n) is 4.69. The van der Waals surface area contributed by atoms with Gasteiger partial charge in [-0.3, -0.25) is 4.98 Å². The number of piperidine rings is 1. The highest BCUT2D eigenvalue weighted by Crippen LogP contribution is 2.09. The summed E-state index contributed by atoms with van der Waals surface area (Å²) in [5, 5.41) is 6.61. The van der Waals surface area contributed by atoms with Gasteiger partial charge in [-0.2, -0.15) is 0 Å². The summed E-state index contributed by atoms with van der Waals surface area (Å²) in [4.78, 5) is 8.69. The molecule has 0 radical (unpaired) electrons. The Hall–Kier alpha value is -1.20. The molecule has 0 saturated carbocycles. The highest BCUT2D eigenvalue weighted by atomic mass is 16.5. The maximum absolute atomic E-state index is 5.82. The van der Waals surface area contributed by atoms with Gasteiger partial charge in [-0.15, -0.1) is 0 Å². The van der Waals surface area contributed by atoms with Crippen LogP contribution < -0.4 is 10.6 Å². The fraction of sp³-hybridized carbons (Fsp3) is 0.692. The van der Waals surface area contributed by atoms with E-state index in [9.17, 15) is 0 Å². The number of anilines is 1. The molecule has 1 fully saturated rings. The van der Waals surface area contributed by atoms with Gasteiger partial charge in [0.2, 0.25) is 0 Å². The smallest absolute Gasteiger partial charge is 0.147 e. The van der Waals surface area contributed by atoms with E-state index in [2.05, 4.69) is 20.6 Å². The van der Waals surface area contributed by atoms with Gasteiger partial charge in [0.1, 0.15) is 5.82 Å². The fourth-order valence-electron chi connectivity index (χ4n) is 2.06. The largest absolute Gasteiger partial charge is 0.376 e. The summed E-state index contributed by atoms with van der Waals surface area (Å²) in [7, 11) is 0. The monoisotopic (exact) mass is 250 g/mol. The Kier molecular flexibility index (Phi) is 4.90. The lowest BCUT2D eigenvalue weighted by atomic mass is 10.1. The number of hydrogen-bond acceptors (Lipinski definition) is 5. The SMILES string of the molecule is Cc1cnc(C)c(NCCOC2CCNCC2)n1. The highest BCUT2D eigenvalue weighted by molar-refractivity contribution is 5.39. The molecule has 2 rings (SSSR count). The van der Waals surface area contributed by atoms with Gasteiger partial charge in [-0.25, -0.2) is 4.98 Å². The van der Waals surface area contributed by atoms with E-state index in [1.165, 1.54) is 0 Å². The molecule has 0 bridgehead atoms. The highest BCUT2D eigenvalue weighted by Gasteiger charge is 2.12. The molecule has 5 nitrogen and oxygen atoms in total. The van der Waals surface area contributed by atoms with Gasteiger partial charge in [-0.1, -0.05) is 0 Å². The lowest BCUT2D eigenvalue weighted by Gasteiger charge is -2.23. The number of rotatable bonds is 5. The van der Waals surface area contributed by atoms with Crippen molar-refractivity contribution >= 4 is 5.82 Å². The third kappa shape index (κ3) is 3.92. The second-order valence-corrected chi connectivity index (χ2v) is 4.69. The van der Waals surface area contributed by atoms with Gasteiger partial charge in [0, 0.05) is 12.7 Å². The minimum Gasteiger partial charge on any atom is -0.376 e. The van der Waals surface area contributed by atoms with Crippen LogP contribution in [0.25, 0.3) is 0 Å². The average Bonchev–Trinajstić information content (AvgIpc) is 2.40. The van der Waals surface area contributed by atoms with Crippen LogP contribution in [0.5, 0.6) is 0 Å². The molecule has 100 valence electrons. The zero-order chi connectivity index (χ0) is 12.8. The number of nitrogens with one attached hydrogen (secondary N) is 2. The zero-order valence-corrected chi connectivity index (χ0v) is 11.2. The van der Waals surface area contributed by atoms with E-state index in [1.54, 1.807) is 6.20 Å². The van der Waals surface area contributed by atoms with Crippen molar-refractivity contribution in [1.82, 2.24) is 15.3 Å². The Balaban J connectivity index is 1.69. The Morgan fingerprint density at radius 2 is 2.17 bits per heavy atom. The molecule has 2 N–H and O–H groups in total. The number of nitrogens with zero attached hydrogens (tertiary/aromatic N) is 2. The molecule has 1 saturated heterocycles. The minimum absolute atomic E-state index is 0.415. The van der Waals surface area contributed by atoms with Crippen molar-refractivity contribution in [3.63, 3.8) is 0 Å². The summed E-state index contributed by atoms with van der Waals surface area (Å²) in [6, 6.07) is 0. The first kappa shape index (κ1) is 13.2. The second kappa shape index (κ2) is 6.66. The summed E-state index contributed by atoms with van der Waals surface area (Å²) in [5.41, 5.74) is 1.87. The van der Waals surface area contributed by atoms with E-state index in [0.29, 0.717) is 6.10 Å². The van der Waals surface area contributed by atoms with E-state index in [-0.39, 0.29) is 0 Å². The molecule has 5 heteroatoms. The molecule has 0 aromatic carbocycles. The summed E-state index contributed by atoms with van der Waals surface area (Å²) in [5.74, 6) is 0.865. The van der Waals surface area contributed by atoms with Gasteiger partial charge < -0.3 is 15.4 Å². The van der Waals surface area contributed by atoms with E-state index in [4.69, 9.17) is 4.74 Å². The van der Waals surface area contributed by atoms with Crippen molar-refractivity contribution in [3.8, 4) is 0 Å². The number of aryl methyl sites for hydroxylation is 2. The number of ether oxygens (including phenoxy) is 1. The predicted molar refractivity (Wildman–Crippen MR) is 71.8 cm³/mol. The lowest BCUT2D eigenvalue weighted by Crippen LogP contribution is -2.33. The van der Waals surface area contributed by atoms with Crippen LogP contribution in [0.1, 0.15) is 24.2 Å². The molecular weight excluding hydrogens is 228 g/mol. The van der Waals surface area contributed by atoms with Crippen LogP contribution in [-0.4, -0.2) is 42.3 Å². The third-order valence-electron chi connectivity index (χ3n) is 3.11. The van der Waals surface area contributed by atoms with Crippen molar-refractivity contribution in [2.24, 2.45) is 0 Å². The van der Waals surface area contributed by atoms with Crippen molar-refractivity contribution < 1.29 is 4.74 Å².